The van der Waals surface area contributed by atoms with Crippen LogP contribution in [0, 0.1) is 0 Å². The van der Waals surface area contributed by atoms with E-state index in [1.807, 2.05) is 27.9 Å². The van der Waals surface area contributed by atoms with Crippen LogP contribution in [0.25, 0.3) is 0 Å². The van der Waals surface area contributed by atoms with Gasteiger partial charge in [0.25, 0.3) is 0 Å². The molecule has 1 rings (SSSR count). The maximum absolute atomic E-state index is 9.31. The van der Waals surface area contributed by atoms with E-state index in [2.05, 4.69) is 34.5 Å². The molecule has 0 heterocycles. The van der Waals surface area contributed by atoms with Crippen molar-refractivity contribution in [1.82, 2.24) is 5.32 Å². The fourth-order valence-corrected chi connectivity index (χ4v) is 1.50. The molecule has 0 aliphatic rings. The number of likely N-dealkylation sites (N-methyl/N-ethyl adjacent to an activating group) is 1. The Kier molecular flexibility index (Phi) is 4.33. The fourth-order valence-electron chi connectivity index (χ4n) is 1.50. The minimum absolute atomic E-state index is 0.141. The number of rotatable bonds is 5. The Bertz CT molecular complexity index is 319. The summed E-state index contributed by atoms with van der Waals surface area (Å²) < 4.78 is 0. The highest BCUT2D eigenvalue weighted by Crippen LogP contribution is 2.22. The molecule has 1 aromatic carbocycles. The van der Waals surface area contributed by atoms with Crippen molar-refractivity contribution in [2.75, 3.05) is 25.6 Å². The second kappa shape index (κ2) is 5.32. The zero-order valence-electron chi connectivity index (χ0n) is 10.6. The molecule has 0 amide bonds. The largest absolute Gasteiger partial charge is 0.394 e. The van der Waals surface area contributed by atoms with Gasteiger partial charge >= 0.3 is 0 Å². The highest BCUT2D eigenvalue weighted by atomic mass is 16.3. The van der Waals surface area contributed by atoms with Gasteiger partial charge in [-0.15, -0.1) is 0 Å². The van der Waals surface area contributed by atoms with E-state index in [0.717, 1.165) is 12.2 Å². The topological polar surface area (TPSA) is 35.5 Å². The van der Waals surface area contributed by atoms with Gasteiger partial charge in [0, 0.05) is 19.3 Å². The molecule has 3 nitrogen and oxygen atoms in total. The zero-order chi connectivity index (χ0) is 12.2. The van der Waals surface area contributed by atoms with Crippen LogP contribution in [0.5, 0.6) is 0 Å². The number of aliphatic hydroxyl groups excluding tert-OH is 1. The van der Waals surface area contributed by atoms with Gasteiger partial charge in [0.2, 0.25) is 0 Å². The molecule has 16 heavy (non-hydrogen) atoms. The van der Waals surface area contributed by atoms with Crippen molar-refractivity contribution in [1.29, 1.82) is 0 Å². The normalized spacial score (nSPS) is 11.6. The molecule has 0 aliphatic carbocycles. The summed E-state index contributed by atoms with van der Waals surface area (Å²) in [6.45, 7) is 5.07. The van der Waals surface area contributed by atoms with Crippen molar-refractivity contribution in [2.45, 2.75) is 25.9 Å². The minimum Gasteiger partial charge on any atom is -0.394 e. The maximum Gasteiger partial charge on any atom is 0.0658 e. The lowest BCUT2D eigenvalue weighted by Crippen LogP contribution is -2.44. The average Bonchev–Trinajstić information content (AvgIpc) is 2.29. The van der Waals surface area contributed by atoms with E-state index in [-0.39, 0.29) is 12.1 Å². The summed E-state index contributed by atoms with van der Waals surface area (Å²) in [5.74, 6) is 0. The Hall–Kier alpha value is -1.06. The first-order valence-corrected chi connectivity index (χ1v) is 5.59. The lowest BCUT2D eigenvalue weighted by molar-refractivity contribution is 0.216. The van der Waals surface area contributed by atoms with Gasteiger partial charge in [-0.1, -0.05) is 12.1 Å². The number of nitrogens with zero attached hydrogens (tertiary/aromatic N) is 1. The Morgan fingerprint density at radius 1 is 1.25 bits per heavy atom. The molecule has 90 valence electrons. The monoisotopic (exact) mass is 222 g/mol. The molecule has 0 fully saturated rings. The smallest absolute Gasteiger partial charge is 0.0658 e. The Morgan fingerprint density at radius 3 is 2.25 bits per heavy atom. The van der Waals surface area contributed by atoms with Crippen LogP contribution in [0.4, 0.5) is 5.69 Å². The maximum atomic E-state index is 9.31. The van der Waals surface area contributed by atoms with E-state index in [1.165, 1.54) is 5.56 Å². The zero-order valence-corrected chi connectivity index (χ0v) is 10.6. The quantitative estimate of drug-likeness (QED) is 0.794. The van der Waals surface area contributed by atoms with Crippen molar-refractivity contribution < 1.29 is 5.11 Å². The first kappa shape index (κ1) is 13.0. The molecule has 0 aromatic heterocycles. The lowest BCUT2D eigenvalue weighted by atomic mass is 10.0. The van der Waals surface area contributed by atoms with Crippen molar-refractivity contribution in [3.8, 4) is 0 Å². The second-order valence-corrected chi connectivity index (χ2v) is 4.73. The molecule has 0 saturated heterocycles. The Morgan fingerprint density at radius 2 is 1.81 bits per heavy atom. The Labute approximate surface area is 98.1 Å². The predicted molar refractivity (Wildman–Crippen MR) is 68.8 cm³/mol. The van der Waals surface area contributed by atoms with Crippen LogP contribution in [0.2, 0.25) is 0 Å². The van der Waals surface area contributed by atoms with Crippen molar-refractivity contribution in [3.05, 3.63) is 29.8 Å². The number of benzene rings is 1. The van der Waals surface area contributed by atoms with Gasteiger partial charge in [0.05, 0.1) is 12.1 Å². The van der Waals surface area contributed by atoms with E-state index in [0.29, 0.717) is 0 Å². The van der Waals surface area contributed by atoms with Crippen LogP contribution in [-0.2, 0) is 6.54 Å². The van der Waals surface area contributed by atoms with E-state index in [9.17, 15) is 5.11 Å². The third-order valence-corrected chi connectivity index (χ3v) is 3.00. The van der Waals surface area contributed by atoms with Crippen molar-refractivity contribution >= 4 is 5.69 Å². The van der Waals surface area contributed by atoms with Gasteiger partial charge in [-0.2, -0.15) is 0 Å². The first-order chi connectivity index (χ1) is 7.51. The predicted octanol–water partition coefficient (Wildman–Crippen LogP) is 1.61. The molecule has 0 atom stereocenters. The number of nitrogens with one attached hydrogen (secondary N) is 1. The van der Waals surface area contributed by atoms with E-state index < -0.39 is 0 Å². The van der Waals surface area contributed by atoms with Gasteiger partial charge in [0.15, 0.2) is 0 Å². The van der Waals surface area contributed by atoms with Crippen molar-refractivity contribution in [2.24, 2.45) is 0 Å². The molecular formula is C13H22N2O. The van der Waals surface area contributed by atoms with Crippen LogP contribution in [0.15, 0.2) is 24.3 Å². The number of anilines is 1. The molecule has 0 aliphatic heterocycles. The Balaban J connectivity index is 2.81. The summed E-state index contributed by atoms with van der Waals surface area (Å²) in [4.78, 5) is 2.09. The molecule has 3 heteroatoms. The second-order valence-electron chi connectivity index (χ2n) is 4.73. The number of hydrogen-bond donors (Lipinski definition) is 2. The summed E-state index contributed by atoms with van der Waals surface area (Å²) in [5.41, 5.74) is 2.16. The van der Waals surface area contributed by atoms with Gasteiger partial charge < -0.3 is 15.3 Å². The number of hydrogen-bond acceptors (Lipinski definition) is 3. The van der Waals surface area contributed by atoms with Crippen molar-refractivity contribution in [3.63, 3.8) is 0 Å². The van der Waals surface area contributed by atoms with Crippen LogP contribution in [0.3, 0.4) is 0 Å². The van der Waals surface area contributed by atoms with Crippen LogP contribution >= 0.6 is 0 Å². The van der Waals surface area contributed by atoms with E-state index in [4.69, 9.17) is 0 Å². The summed E-state index contributed by atoms with van der Waals surface area (Å²) in [5, 5.41) is 12.4. The van der Waals surface area contributed by atoms with E-state index >= 15 is 0 Å². The summed E-state index contributed by atoms with van der Waals surface area (Å²) in [7, 11) is 3.94. The molecule has 0 unspecified atom stereocenters. The average molecular weight is 222 g/mol. The summed E-state index contributed by atoms with van der Waals surface area (Å²) >= 11 is 0. The minimum atomic E-state index is -0.232. The summed E-state index contributed by atoms with van der Waals surface area (Å²) in [6.07, 6.45) is 0. The molecule has 1 aromatic rings. The third-order valence-electron chi connectivity index (χ3n) is 3.00. The molecule has 0 saturated carbocycles. The van der Waals surface area contributed by atoms with Gasteiger partial charge in [-0.3, -0.25) is 0 Å². The highest BCUT2D eigenvalue weighted by molar-refractivity contribution is 5.49. The van der Waals surface area contributed by atoms with E-state index in [1.54, 1.807) is 0 Å². The van der Waals surface area contributed by atoms with Crippen LogP contribution in [-0.4, -0.2) is 31.3 Å². The van der Waals surface area contributed by atoms with Crippen LogP contribution < -0.4 is 10.2 Å². The standard InChI is InChI=1S/C13H22N2O/c1-13(2,10-16)15(4)12-7-5-11(6-8-12)9-14-3/h5-8,14,16H,9-10H2,1-4H3. The van der Waals surface area contributed by atoms with Crippen LogP contribution in [0.1, 0.15) is 19.4 Å². The van der Waals surface area contributed by atoms with Gasteiger partial charge in [-0.25, -0.2) is 0 Å². The SMILES string of the molecule is CNCc1ccc(N(C)C(C)(C)CO)cc1. The molecule has 0 bridgehead atoms. The van der Waals surface area contributed by atoms with Gasteiger partial charge in [-0.05, 0) is 38.6 Å². The molecule has 0 spiro atoms. The fraction of sp³-hybridized carbons (Fsp3) is 0.538. The first-order valence-electron chi connectivity index (χ1n) is 5.59. The lowest BCUT2D eigenvalue weighted by Gasteiger charge is -2.36. The summed E-state index contributed by atoms with van der Waals surface area (Å²) in [6, 6.07) is 8.39. The number of aliphatic hydroxyl groups is 1. The molecule has 0 radical (unpaired) electrons. The van der Waals surface area contributed by atoms with Gasteiger partial charge in [0.1, 0.15) is 0 Å². The highest BCUT2D eigenvalue weighted by Gasteiger charge is 2.22. The third kappa shape index (κ3) is 2.97. The molecular weight excluding hydrogens is 200 g/mol. The molecule has 2 N–H and O–H groups in total.